The molecule has 112 valence electrons. The molecule has 1 N–H and O–H groups in total. The van der Waals surface area contributed by atoms with Gasteiger partial charge in [0.25, 0.3) is 0 Å². The number of aliphatic hydroxyl groups is 1. The fourth-order valence-electron chi connectivity index (χ4n) is 1.95. The van der Waals surface area contributed by atoms with Crippen LogP contribution in [0.15, 0.2) is 59.3 Å². The molecule has 0 saturated heterocycles. The topological polar surface area (TPSA) is 68.4 Å². The summed E-state index contributed by atoms with van der Waals surface area (Å²) in [6, 6.07) is 14.2. The summed E-state index contributed by atoms with van der Waals surface area (Å²) in [5, 5.41) is 18.2. The van der Waals surface area contributed by atoms with Crippen LogP contribution >= 0.6 is 11.6 Å². The van der Waals surface area contributed by atoms with E-state index in [4.69, 9.17) is 20.8 Å². The van der Waals surface area contributed by atoms with Crippen molar-refractivity contribution in [2.45, 2.75) is 6.10 Å². The first kappa shape index (κ1) is 14.6. The first-order valence-corrected chi connectivity index (χ1v) is 7.03. The molecule has 3 aromatic rings. The molecule has 1 atom stereocenters. The van der Waals surface area contributed by atoms with Gasteiger partial charge in [-0.05, 0) is 42.0 Å². The number of aliphatic hydroxyl groups excluding tert-OH is 1. The number of hydrogen-bond donors (Lipinski definition) is 1. The molecule has 0 aliphatic rings. The summed E-state index contributed by atoms with van der Waals surface area (Å²) < 4.78 is 10.7. The maximum absolute atomic E-state index is 10.1. The van der Waals surface area contributed by atoms with Crippen molar-refractivity contribution in [2.24, 2.45) is 0 Å². The monoisotopic (exact) mass is 316 g/mol. The first-order chi connectivity index (χ1) is 10.7. The molecule has 0 radical (unpaired) electrons. The van der Waals surface area contributed by atoms with Crippen molar-refractivity contribution < 1.29 is 14.3 Å². The highest BCUT2D eigenvalue weighted by molar-refractivity contribution is 6.30. The van der Waals surface area contributed by atoms with Crippen molar-refractivity contribution in [2.75, 3.05) is 6.61 Å². The predicted octanol–water partition coefficient (Wildman–Crippen LogP) is 3.50. The Hall–Kier alpha value is -2.37. The van der Waals surface area contributed by atoms with E-state index < -0.39 is 6.10 Å². The van der Waals surface area contributed by atoms with E-state index >= 15 is 0 Å². The normalized spacial score (nSPS) is 12.1. The van der Waals surface area contributed by atoms with E-state index in [9.17, 15) is 5.11 Å². The Morgan fingerprint density at radius 2 is 1.82 bits per heavy atom. The third-order valence-corrected chi connectivity index (χ3v) is 3.38. The number of nitrogens with zero attached hydrogens (tertiary/aromatic N) is 2. The molecule has 1 unspecified atom stereocenters. The van der Waals surface area contributed by atoms with Crippen molar-refractivity contribution in [3.63, 3.8) is 0 Å². The molecule has 6 heteroatoms. The molecule has 2 aromatic carbocycles. The average molecular weight is 317 g/mol. The SMILES string of the molecule is OC(COc1ccc(-c2nnco2)cc1)c1ccc(Cl)cc1. The number of rotatable bonds is 5. The molecular formula is C16H13ClN2O3. The quantitative estimate of drug-likeness (QED) is 0.780. The van der Waals surface area contributed by atoms with E-state index in [1.54, 1.807) is 36.4 Å². The molecule has 0 saturated carbocycles. The van der Waals surface area contributed by atoms with Gasteiger partial charge >= 0.3 is 0 Å². The van der Waals surface area contributed by atoms with Gasteiger partial charge in [0.1, 0.15) is 18.5 Å². The predicted molar refractivity (Wildman–Crippen MR) is 81.6 cm³/mol. The van der Waals surface area contributed by atoms with Crippen LogP contribution in [0.5, 0.6) is 5.75 Å². The second kappa shape index (κ2) is 6.60. The molecule has 1 aromatic heterocycles. The molecule has 0 aliphatic carbocycles. The Morgan fingerprint density at radius 1 is 1.09 bits per heavy atom. The summed E-state index contributed by atoms with van der Waals surface area (Å²) in [4.78, 5) is 0. The fourth-order valence-corrected chi connectivity index (χ4v) is 2.07. The van der Waals surface area contributed by atoms with Gasteiger partial charge in [0, 0.05) is 10.6 Å². The maximum Gasteiger partial charge on any atom is 0.247 e. The smallest absolute Gasteiger partial charge is 0.247 e. The molecular weight excluding hydrogens is 304 g/mol. The molecule has 0 bridgehead atoms. The van der Waals surface area contributed by atoms with Gasteiger partial charge in [-0.2, -0.15) is 0 Å². The Morgan fingerprint density at radius 3 is 2.45 bits per heavy atom. The lowest BCUT2D eigenvalue weighted by molar-refractivity contribution is 0.108. The van der Waals surface area contributed by atoms with Crippen LogP contribution < -0.4 is 4.74 Å². The van der Waals surface area contributed by atoms with Crippen molar-refractivity contribution in [1.82, 2.24) is 10.2 Å². The van der Waals surface area contributed by atoms with Gasteiger partial charge in [-0.25, -0.2) is 0 Å². The van der Waals surface area contributed by atoms with Crippen LogP contribution in [0, 0.1) is 0 Å². The Balaban J connectivity index is 1.60. The minimum Gasteiger partial charge on any atom is -0.491 e. The second-order valence-corrected chi connectivity index (χ2v) is 5.08. The molecule has 1 heterocycles. The molecule has 3 rings (SSSR count). The number of benzene rings is 2. The van der Waals surface area contributed by atoms with Crippen LogP contribution in [-0.2, 0) is 0 Å². The summed E-state index contributed by atoms with van der Waals surface area (Å²) >= 11 is 5.82. The van der Waals surface area contributed by atoms with E-state index in [2.05, 4.69) is 10.2 Å². The molecule has 22 heavy (non-hydrogen) atoms. The largest absolute Gasteiger partial charge is 0.491 e. The zero-order valence-corrected chi connectivity index (χ0v) is 12.3. The minimum atomic E-state index is -0.715. The Bertz CT molecular complexity index is 712. The van der Waals surface area contributed by atoms with Gasteiger partial charge in [0.05, 0.1) is 0 Å². The highest BCUT2D eigenvalue weighted by Crippen LogP contribution is 2.22. The third-order valence-electron chi connectivity index (χ3n) is 3.12. The van der Waals surface area contributed by atoms with Gasteiger partial charge < -0.3 is 14.3 Å². The van der Waals surface area contributed by atoms with Crippen LogP contribution in [-0.4, -0.2) is 21.9 Å². The minimum absolute atomic E-state index is 0.154. The van der Waals surface area contributed by atoms with Crippen LogP contribution in [0.2, 0.25) is 5.02 Å². The van der Waals surface area contributed by atoms with Gasteiger partial charge in [-0.3, -0.25) is 0 Å². The van der Waals surface area contributed by atoms with Crippen molar-refractivity contribution >= 4 is 11.6 Å². The van der Waals surface area contributed by atoms with E-state index in [0.29, 0.717) is 16.7 Å². The number of halogens is 1. The first-order valence-electron chi connectivity index (χ1n) is 6.65. The van der Waals surface area contributed by atoms with E-state index in [0.717, 1.165) is 11.1 Å². The van der Waals surface area contributed by atoms with Gasteiger partial charge in [-0.15, -0.1) is 10.2 Å². The van der Waals surface area contributed by atoms with E-state index in [1.165, 1.54) is 6.39 Å². The van der Waals surface area contributed by atoms with E-state index in [1.807, 2.05) is 12.1 Å². The zero-order valence-electron chi connectivity index (χ0n) is 11.5. The number of ether oxygens (including phenoxy) is 1. The van der Waals surface area contributed by atoms with Crippen LogP contribution in [0.3, 0.4) is 0 Å². The summed E-state index contributed by atoms with van der Waals surface area (Å²) in [5.41, 5.74) is 1.56. The van der Waals surface area contributed by atoms with Crippen LogP contribution in [0.4, 0.5) is 0 Å². The molecule has 0 fully saturated rings. The van der Waals surface area contributed by atoms with Crippen molar-refractivity contribution in [3.05, 3.63) is 65.5 Å². The van der Waals surface area contributed by atoms with Gasteiger partial charge in [0.15, 0.2) is 0 Å². The lowest BCUT2D eigenvalue weighted by Crippen LogP contribution is -2.09. The van der Waals surface area contributed by atoms with Crippen molar-refractivity contribution in [1.29, 1.82) is 0 Å². The van der Waals surface area contributed by atoms with Crippen molar-refractivity contribution in [3.8, 4) is 17.2 Å². The van der Waals surface area contributed by atoms with Crippen LogP contribution in [0.25, 0.3) is 11.5 Å². The third kappa shape index (κ3) is 3.44. The lowest BCUT2D eigenvalue weighted by Gasteiger charge is -2.13. The highest BCUT2D eigenvalue weighted by Gasteiger charge is 2.09. The van der Waals surface area contributed by atoms with Crippen LogP contribution in [0.1, 0.15) is 11.7 Å². The number of aromatic nitrogens is 2. The fraction of sp³-hybridized carbons (Fsp3) is 0.125. The molecule has 5 nitrogen and oxygen atoms in total. The molecule has 0 amide bonds. The summed E-state index contributed by atoms with van der Waals surface area (Å²) in [7, 11) is 0. The summed E-state index contributed by atoms with van der Waals surface area (Å²) in [6.07, 6.45) is 0.565. The Kier molecular flexibility index (Phi) is 4.37. The van der Waals surface area contributed by atoms with E-state index in [-0.39, 0.29) is 6.61 Å². The average Bonchev–Trinajstić information content (AvgIpc) is 3.08. The maximum atomic E-state index is 10.1. The highest BCUT2D eigenvalue weighted by atomic mass is 35.5. The standard InChI is InChI=1S/C16H13ClN2O3/c17-13-5-1-11(2-6-13)15(20)9-21-14-7-3-12(4-8-14)16-19-18-10-22-16/h1-8,10,15,20H,9H2. The molecule has 0 aliphatic heterocycles. The van der Waals surface area contributed by atoms with Gasteiger partial charge in [-0.1, -0.05) is 23.7 Å². The summed E-state index contributed by atoms with van der Waals surface area (Å²) in [6.45, 7) is 0.154. The second-order valence-electron chi connectivity index (χ2n) is 4.65. The Labute approximate surface area is 132 Å². The number of hydrogen-bond acceptors (Lipinski definition) is 5. The lowest BCUT2D eigenvalue weighted by atomic mass is 10.1. The van der Waals surface area contributed by atoms with Gasteiger partial charge in [0.2, 0.25) is 12.3 Å². The zero-order chi connectivity index (χ0) is 15.4. The summed E-state index contributed by atoms with van der Waals surface area (Å²) in [5.74, 6) is 1.10. The molecule has 0 spiro atoms.